The molecule has 1 heterocycles. The van der Waals surface area contributed by atoms with Gasteiger partial charge in [-0.05, 0) is 68.0 Å². The van der Waals surface area contributed by atoms with E-state index in [0.29, 0.717) is 17.9 Å². The first-order valence-corrected chi connectivity index (χ1v) is 10.8. The molecule has 0 radical (unpaired) electrons. The molecule has 0 aliphatic carbocycles. The fourth-order valence-electron chi connectivity index (χ4n) is 3.50. The number of ether oxygens (including phenoxy) is 3. The molecule has 0 unspecified atom stereocenters. The van der Waals surface area contributed by atoms with Crippen LogP contribution in [0.2, 0.25) is 0 Å². The summed E-state index contributed by atoms with van der Waals surface area (Å²) in [4.78, 5) is 25.1. The molecule has 0 bridgehead atoms. The summed E-state index contributed by atoms with van der Waals surface area (Å²) in [6, 6.07) is 12.6. The number of nitrogens with one attached hydrogen (secondary N) is 1. The number of benzene rings is 2. The number of carbonyl (C=O) groups excluding carboxylic acids is 2. The summed E-state index contributed by atoms with van der Waals surface area (Å²) < 4.78 is 16.6. The number of carbonyl (C=O) groups is 2. The van der Waals surface area contributed by atoms with Gasteiger partial charge in [0, 0.05) is 12.3 Å². The van der Waals surface area contributed by atoms with E-state index in [1.165, 1.54) is 0 Å². The maximum absolute atomic E-state index is 12.7. The van der Waals surface area contributed by atoms with E-state index >= 15 is 0 Å². The van der Waals surface area contributed by atoms with Crippen LogP contribution in [0.15, 0.2) is 42.5 Å². The van der Waals surface area contributed by atoms with Gasteiger partial charge in [-0.3, -0.25) is 4.79 Å². The van der Waals surface area contributed by atoms with E-state index in [1.54, 1.807) is 31.2 Å². The summed E-state index contributed by atoms with van der Waals surface area (Å²) in [5, 5.41) is 2.92. The van der Waals surface area contributed by atoms with Crippen molar-refractivity contribution in [2.45, 2.75) is 58.7 Å². The van der Waals surface area contributed by atoms with Crippen molar-refractivity contribution in [2.75, 3.05) is 18.5 Å². The van der Waals surface area contributed by atoms with Crippen molar-refractivity contribution in [3.8, 4) is 5.75 Å². The number of aryl methyl sites for hydroxylation is 1. The van der Waals surface area contributed by atoms with Crippen molar-refractivity contribution in [1.29, 1.82) is 0 Å². The normalized spacial score (nSPS) is 16.7. The highest BCUT2D eigenvalue weighted by Gasteiger charge is 2.21. The molecule has 6 nitrogen and oxygen atoms in total. The van der Waals surface area contributed by atoms with Gasteiger partial charge in [0.25, 0.3) is 5.91 Å². The predicted octanol–water partition coefficient (Wildman–Crippen LogP) is 4.86. The molecule has 6 heteroatoms. The Labute approximate surface area is 183 Å². The Morgan fingerprint density at radius 1 is 1.13 bits per heavy atom. The van der Waals surface area contributed by atoms with Crippen LogP contribution >= 0.6 is 0 Å². The monoisotopic (exact) mass is 425 g/mol. The van der Waals surface area contributed by atoms with Crippen LogP contribution in [0, 0.1) is 6.92 Å². The molecule has 1 amide bonds. The number of amides is 1. The Bertz CT molecular complexity index is 901. The molecule has 2 aromatic rings. The van der Waals surface area contributed by atoms with Crippen LogP contribution in [0.5, 0.6) is 5.75 Å². The molecule has 2 atom stereocenters. The highest BCUT2D eigenvalue weighted by Crippen LogP contribution is 2.27. The molecule has 3 rings (SSSR count). The lowest BCUT2D eigenvalue weighted by Crippen LogP contribution is -2.30. The zero-order chi connectivity index (χ0) is 22.4. The van der Waals surface area contributed by atoms with Crippen LogP contribution in [0.1, 0.15) is 61.0 Å². The highest BCUT2D eigenvalue weighted by atomic mass is 16.5. The third-order valence-electron chi connectivity index (χ3n) is 5.38. The fraction of sp³-hybridized carbons (Fsp3) is 0.440. The molecular formula is C25H31NO5. The summed E-state index contributed by atoms with van der Waals surface area (Å²) in [5.74, 6) is 0.0101. The third-order valence-corrected chi connectivity index (χ3v) is 5.38. The van der Waals surface area contributed by atoms with Crippen molar-refractivity contribution in [3.05, 3.63) is 59.2 Å². The first kappa shape index (κ1) is 22.8. The number of hydrogen-bond acceptors (Lipinski definition) is 5. The van der Waals surface area contributed by atoms with Crippen LogP contribution in [0.25, 0.3) is 0 Å². The van der Waals surface area contributed by atoms with Gasteiger partial charge in [0.2, 0.25) is 0 Å². The molecule has 0 aromatic heterocycles. The van der Waals surface area contributed by atoms with Gasteiger partial charge in [0.15, 0.2) is 6.10 Å². The first-order valence-electron chi connectivity index (χ1n) is 10.8. The molecular weight excluding hydrogens is 394 g/mol. The number of para-hydroxylation sites is 1. The average Bonchev–Trinajstić information content (AvgIpc) is 3.27. The van der Waals surface area contributed by atoms with Gasteiger partial charge in [0.05, 0.1) is 11.7 Å². The predicted molar refractivity (Wildman–Crippen MR) is 120 cm³/mol. The van der Waals surface area contributed by atoms with Gasteiger partial charge < -0.3 is 19.5 Å². The molecule has 2 aromatic carbocycles. The summed E-state index contributed by atoms with van der Waals surface area (Å²) in [5.41, 5.74) is 3.16. The molecule has 1 saturated heterocycles. The molecule has 1 fully saturated rings. The fourth-order valence-corrected chi connectivity index (χ4v) is 3.50. The lowest BCUT2D eigenvalue weighted by atomic mass is 9.98. The van der Waals surface area contributed by atoms with Crippen molar-refractivity contribution >= 4 is 17.6 Å². The Morgan fingerprint density at radius 3 is 2.52 bits per heavy atom. The average molecular weight is 426 g/mol. The molecule has 1 N–H and O–H groups in total. The first-order chi connectivity index (χ1) is 14.8. The van der Waals surface area contributed by atoms with Crippen molar-refractivity contribution < 1.29 is 23.8 Å². The van der Waals surface area contributed by atoms with E-state index in [-0.39, 0.29) is 17.9 Å². The maximum Gasteiger partial charge on any atom is 0.338 e. The Balaban J connectivity index is 1.55. The van der Waals surface area contributed by atoms with Gasteiger partial charge in [-0.25, -0.2) is 4.79 Å². The molecule has 0 saturated carbocycles. The quantitative estimate of drug-likeness (QED) is 0.612. The van der Waals surface area contributed by atoms with Gasteiger partial charge in [-0.1, -0.05) is 32.0 Å². The largest absolute Gasteiger partial charge is 0.491 e. The zero-order valence-corrected chi connectivity index (χ0v) is 18.6. The van der Waals surface area contributed by atoms with Crippen molar-refractivity contribution in [2.24, 2.45) is 0 Å². The summed E-state index contributed by atoms with van der Waals surface area (Å²) >= 11 is 0. The number of hydrogen-bond donors (Lipinski definition) is 1. The van der Waals surface area contributed by atoms with E-state index in [2.05, 4.69) is 19.2 Å². The summed E-state index contributed by atoms with van der Waals surface area (Å²) in [6.07, 6.45) is 1.27. The number of rotatable bonds is 8. The molecule has 1 aliphatic heterocycles. The lowest BCUT2D eigenvalue weighted by Gasteiger charge is -2.19. The van der Waals surface area contributed by atoms with Crippen LogP contribution in [0.3, 0.4) is 0 Å². The van der Waals surface area contributed by atoms with Crippen LogP contribution < -0.4 is 10.1 Å². The van der Waals surface area contributed by atoms with Gasteiger partial charge in [-0.15, -0.1) is 0 Å². The van der Waals surface area contributed by atoms with Crippen LogP contribution in [-0.2, 0) is 14.3 Å². The van der Waals surface area contributed by atoms with E-state index in [9.17, 15) is 9.59 Å². The number of esters is 1. The maximum atomic E-state index is 12.7. The van der Waals surface area contributed by atoms with E-state index < -0.39 is 12.1 Å². The second-order valence-corrected chi connectivity index (χ2v) is 8.20. The van der Waals surface area contributed by atoms with E-state index in [1.807, 2.05) is 25.1 Å². The van der Waals surface area contributed by atoms with Gasteiger partial charge in [-0.2, -0.15) is 0 Å². The van der Waals surface area contributed by atoms with E-state index in [0.717, 1.165) is 36.3 Å². The standard InChI is InChI=1S/C25H31NO5/c1-16(2)22-9-5-7-17(3)23(22)26-24(27)18(4)31-25(28)19-10-12-20(13-11-19)30-15-21-8-6-14-29-21/h5,7,9-13,16,18,21H,6,8,14-15H2,1-4H3,(H,26,27)/t18-,21-/m1/s1. The minimum absolute atomic E-state index is 0.133. The smallest absolute Gasteiger partial charge is 0.338 e. The lowest BCUT2D eigenvalue weighted by molar-refractivity contribution is -0.123. The summed E-state index contributed by atoms with van der Waals surface area (Å²) in [7, 11) is 0. The Morgan fingerprint density at radius 2 is 1.87 bits per heavy atom. The Kier molecular flexibility index (Phi) is 7.69. The van der Waals surface area contributed by atoms with Crippen molar-refractivity contribution in [3.63, 3.8) is 0 Å². The highest BCUT2D eigenvalue weighted by molar-refractivity contribution is 5.98. The second kappa shape index (κ2) is 10.4. The molecule has 31 heavy (non-hydrogen) atoms. The second-order valence-electron chi connectivity index (χ2n) is 8.20. The van der Waals surface area contributed by atoms with Crippen LogP contribution in [-0.4, -0.2) is 37.3 Å². The zero-order valence-electron chi connectivity index (χ0n) is 18.6. The summed E-state index contributed by atoms with van der Waals surface area (Å²) in [6.45, 7) is 8.94. The topological polar surface area (TPSA) is 73.9 Å². The van der Waals surface area contributed by atoms with Crippen molar-refractivity contribution in [1.82, 2.24) is 0 Å². The molecule has 0 spiro atoms. The van der Waals surface area contributed by atoms with Crippen LogP contribution in [0.4, 0.5) is 5.69 Å². The SMILES string of the molecule is Cc1cccc(C(C)C)c1NC(=O)[C@@H](C)OC(=O)c1ccc(OC[C@H]2CCCO2)cc1. The van der Waals surface area contributed by atoms with Gasteiger partial charge >= 0.3 is 5.97 Å². The minimum atomic E-state index is -0.928. The minimum Gasteiger partial charge on any atom is -0.491 e. The molecule has 166 valence electrons. The van der Waals surface area contributed by atoms with E-state index in [4.69, 9.17) is 14.2 Å². The molecule has 1 aliphatic rings. The Hall–Kier alpha value is -2.86. The third kappa shape index (κ3) is 6.07. The van der Waals surface area contributed by atoms with Gasteiger partial charge in [0.1, 0.15) is 12.4 Å². The number of anilines is 1.